The van der Waals surface area contributed by atoms with Crippen LogP contribution >= 0.6 is 0 Å². The monoisotopic (exact) mass is 155 g/mol. The van der Waals surface area contributed by atoms with Gasteiger partial charge in [-0.3, -0.25) is 0 Å². The van der Waals surface area contributed by atoms with Crippen molar-refractivity contribution in [2.75, 3.05) is 13.1 Å². The quantitative estimate of drug-likeness (QED) is 0.459. The van der Waals surface area contributed by atoms with Crippen LogP contribution in [0.3, 0.4) is 0 Å². The van der Waals surface area contributed by atoms with Crippen LogP contribution in [0.25, 0.3) is 0 Å². The van der Waals surface area contributed by atoms with Crippen LogP contribution in [0.4, 0.5) is 0 Å². The molecule has 0 saturated carbocycles. The van der Waals surface area contributed by atoms with Gasteiger partial charge in [0.1, 0.15) is 0 Å². The molecular formula is C10H21N. The van der Waals surface area contributed by atoms with Gasteiger partial charge in [-0.25, -0.2) is 0 Å². The summed E-state index contributed by atoms with van der Waals surface area (Å²) in [5.74, 6) is 0.784. The van der Waals surface area contributed by atoms with Crippen LogP contribution < -0.4 is 5.32 Å². The number of hydrogen-bond donors (Lipinski definition) is 1. The smallest absolute Gasteiger partial charge is 0.00464 e. The van der Waals surface area contributed by atoms with Crippen LogP contribution in [-0.4, -0.2) is 13.1 Å². The van der Waals surface area contributed by atoms with E-state index in [0.29, 0.717) is 0 Å². The van der Waals surface area contributed by atoms with E-state index < -0.39 is 0 Å². The SMILES string of the molecule is C=C(C)CC(C)CCNCC. The summed E-state index contributed by atoms with van der Waals surface area (Å²) in [4.78, 5) is 0. The maximum Gasteiger partial charge on any atom is -0.00464 e. The van der Waals surface area contributed by atoms with Crippen molar-refractivity contribution in [1.82, 2.24) is 5.32 Å². The Labute approximate surface area is 70.9 Å². The van der Waals surface area contributed by atoms with E-state index in [1.165, 1.54) is 18.4 Å². The molecule has 1 atom stereocenters. The molecular weight excluding hydrogens is 134 g/mol. The van der Waals surface area contributed by atoms with Gasteiger partial charge in [0, 0.05) is 0 Å². The van der Waals surface area contributed by atoms with E-state index in [1.54, 1.807) is 0 Å². The zero-order valence-corrected chi connectivity index (χ0v) is 8.11. The molecule has 0 saturated heterocycles. The number of allylic oxidation sites excluding steroid dienone is 1. The zero-order chi connectivity index (χ0) is 8.69. The summed E-state index contributed by atoms with van der Waals surface area (Å²) in [5.41, 5.74) is 1.30. The van der Waals surface area contributed by atoms with Crippen molar-refractivity contribution in [3.05, 3.63) is 12.2 Å². The molecule has 0 aliphatic heterocycles. The highest BCUT2D eigenvalue weighted by Gasteiger charge is 2.00. The van der Waals surface area contributed by atoms with Gasteiger partial charge in [0.25, 0.3) is 0 Å². The van der Waals surface area contributed by atoms with Gasteiger partial charge >= 0.3 is 0 Å². The molecule has 0 aromatic carbocycles. The minimum absolute atomic E-state index is 0.784. The molecule has 1 unspecified atom stereocenters. The summed E-state index contributed by atoms with van der Waals surface area (Å²) in [6.07, 6.45) is 2.44. The molecule has 1 nitrogen and oxygen atoms in total. The standard InChI is InChI=1S/C10H21N/c1-5-11-7-6-10(4)8-9(2)3/h10-11H,2,5-8H2,1,3-4H3. The Hall–Kier alpha value is -0.300. The third kappa shape index (κ3) is 7.60. The Morgan fingerprint density at radius 2 is 2.18 bits per heavy atom. The molecule has 0 aliphatic rings. The third-order valence-electron chi connectivity index (χ3n) is 1.76. The van der Waals surface area contributed by atoms with E-state index in [-0.39, 0.29) is 0 Å². The van der Waals surface area contributed by atoms with Gasteiger partial charge in [0.15, 0.2) is 0 Å². The molecule has 1 N–H and O–H groups in total. The zero-order valence-electron chi connectivity index (χ0n) is 8.11. The maximum atomic E-state index is 3.90. The van der Waals surface area contributed by atoms with Crippen molar-refractivity contribution >= 4 is 0 Å². The summed E-state index contributed by atoms with van der Waals surface area (Å²) < 4.78 is 0. The second-order valence-corrected chi connectivity index (χ2v) is 3.41. The molecule has 11 heavy (non-hydrogen) atoms. The first kappa shape index (κ1) is 10.7. The van der Waals surface area contributed by atoms with E-state index in [4.69, 9.17) is 0 Å². The minimum Gasteiger partial charge on any atom is -0.317 e. The molecule has 0 fully saturated rings. The highest BCUT2D eigenvalue weighted by atomic mass is 14.8. The highest BCUT2D eigenvalue weighted by molar-refractivity contribution is 4.89. The lowest BCUT2D eigenvalue weighted by molar-refractivity contribution is 0.503. The predicted molar refractivity (Wildman–Crippen MR) is 51.8 cm³/mol. The molecule has 0 aliphatic carbocycles. The van der Waals surface area contributed by atoms with Crippen LogP contribution in [0, 0.1) is 5.92 Å². The van der Waals surface area contributed by atoms with Crippen LogP contribution in [0.2, 0.25) is 0 Å². The lowest BCUT2D eigenvalue weighted by Crippen LogP contribution is -2.16. The summed E-state index contributed by atoms with van der Waals surface area (Å²) >= 11 is 0. The van der Waals surface area contributed by atoms with Crippen LogP contribution in [0.1, 0.15) is 33.6 Å². The van der Waals surface area contributed by atoms with Gasteiger partial charge in [-0.15, -0.1) is 6.58 Å². The molecule has 66 valence electrons. The third-order valence-corrected chi connectivity index (χ3v) is 1.76. The Balaban J connectivity index is 3.22. The Morgan fingerprint density at radius 1 is 1.55 bits per heavy atom. The lowest BCUT2D eigenvalue weighted by atomic mass is 10.00. The minimum atomic E-state index is 0.784. The Kier molecular flexibility index (Phi) is 6.24. The first-order valence-corrected chi connectivity index (χ1v) is 4.52. The van der Waals surface area contributed by atoms with E-state index in [1.807, 2.05) is 0 Å². The van der Waals surface area contributed by atoms with Crippen LogP contribution in [0.15, 0.2) is 12.2 Å². The molecule has 0 amide bonds. The molecule has 0 rings (SSSR count). The Morgan fingerprint density at radius 3 is 2.64 bits per heavy atom. The molecule has 0 aromatic rings. The summed E-state index contributed by atoms with van der Waals surface area (Å²) in [6.45, 7) is 12.7. The van der Waals surface area contributed by atoms with Gasteiger partial charge in [-0.1, -0.05) is 19.4 Å². The van der Waals surface area contributed by atoms with Gasteiger partial charge in [0.05, 0.1) is 0 Å². The summed E-state index contributed by atoms with van der Waals surface area (Å²) in [5, 5.41) is 3.32. The van der Waals surface area contributed by atoms with Gasteiger partial charge in [-0.2, -0.15) is 0 Å². The van der Waals surface area contributed by atoms with Crippen molar-refractivity contribution in [1.29, 1.82) is 0 Å². The summed E-state index contributed by atoms with van der Waals surface area (Å²) in [6, 6.07) is 0. The normalized spacial score (nSPS) is 13.0. The van der Waals surface area contributed by atoms with Crippen molar-refractivity contribution in [3.63, 3.8) is 0 Å². The topological polar surface area (TPSA) is 12.0 Å². The van der Waals surface area contributed by atoms with Crippen molar-refractivity contribution in [3.8, 4) is 0 Å². The Bertz CT molecular complexity index is 107. The van der Waals surface area contributed by atoms with Gasteiger partial charge in [0.2, 0.25) is 0 Å². The molecule has 1 heteroatoms. The van der Waals surface area contributed by atoms with Gasteiger partial charge in [-0.05, 0) is 38.8 Å². The van der Waals surface area contributed by atoms with Gasteiger partial charge < -0.3 is 5.32 Å². The molecule has 0 heterocycles. The van der Waals surface area contributed by atoms with Crippen molar-refractivity contribution < 1.29 is 0 Å². The predicted octanol–water partition coefficient (Wildman–Crippen LogP) is 2.59. The fourth-order valence-electron chi connectivity index (χ4n) is 1.22. The van der Waals surface area contributed by atoms with E-state index >= 15 is 0 Å². The van der Waals surface area contributed by atoms with Crippen molar-refractivity contribution in [2.45, 2.75) is 33.6 Å². The van der Waals surface area contributed by atoms with E-state index in [9.17, 15) is 0 Å². The molecule has 0 radical (unpaired) electrons. The number of nitrogens with one attached hydrogen (secondary N) is 1. The molecule has 0 spiro atoms. The van der Waals surface area contributed by atoms with Crippen LogP contribution in [0.5, 0.6) is 0 Å². The number of rotatable bonds is 6. The molecule has 0 aromatic heterocycles. The summed E-state index contributed by atoms with van der Waals surface area (Å²) in [7, 11) is 0. The highest BCUT2D eigenvalue weighted by Crippen LogP contribution is 2.11. The first-order valence-electron chi connectivity index (χ1n) is 4.52. The number of hydrogen-bond acceptors (Lipinski definition) is 1. The van der Waals surface area contributed by atoms with E-state index in [2.05, 4.69) is 32.7 Å². The second-order valence-electron chi connectivity index (χ2n) is 3.41. The second kappa shape index (κ2) is 6.41. The average Bonchev–Trinajstić information content (AvgIpc) is 1.86. The molecule has 0 bridgehead atoms. The fraction of sp³-hybridized carbons (Fsp3) is 0.800. The first-order chi connectivity index (χ1) is 5.16. The van der Waals surface area contributed by atoms with Crippen molar-refractivity contribution in [2.24, 2.45) is 5.92 Å². The van der Waals surface area contributed by atoms with Crippen LogP contribution in [-0.2, 0) is 0 Å². The fourth-order valence-corrected chi connectivity index (χ4v) is 1.22. The average molecular weight is 155 g/mol. The maximum absolute atomic E-state index is 3.90. The van der Waals surface area contributed by atoms with E-state index in [0.717, 1.165) is 19.0 Å². The lowest BCUT2D eigenvalue weighted by Gasteiger charge is -2.10. The largest absolute Gasteiger partial charge is 0.317 e.